The van der Waals surface area contributed by atoms with E-state index < -0.39 is 17.6 Å². The van der Waals surface area contributed by atoms with E-state index in [2.05, 4.69) is 0 Å². The lowest BCUT2D eigenvalue weighted by molar-refractivity contribution is 0.0712. The fourth-order valence-electron chi connectivity index (χ4n) is 2.59. The van der Waals surface area contributed by atoms with Crippen molar-refractivity contribution in [1.82, 2.24) is 0 Å². The first-order valence-corrected chi connectivity index (χ1v) is 14.3. The molecule has 4 N–H and O–H groups in total. The zero-order valence-electron chi connectivity index (χ0n) is 18.8. The molecule has 0 heterocycles. The summed E-state index contributed by atoms with van der Waals surface area (Å²) < 4.78 is 32.9. The second-order valence-corrected chi connectivity index (χ2v) is 12.2. The standard InChI is InChI=1S/C9H21ClO3Si.C8H22N2O3Si/c1-4-11-14(12-5-2,13-6-3)9-7-8-10;1-7(10)8(5-9)6-14(11-2,12-3)13-4/h4-9H2,1-3H3;7-8H,5-6,9-10H2,1-4H3. The summed E-state index contributed by atoms with van der Waals surface area (Å²) in [4.78, 5) is 0. The minimum absolute atomic E-state index is 0.0207. The SMILES string of the molecule is CCO[Si](CCCCl)(OCC)OCC.CO[Si](CC(CN)C(C)N)(OC)OC. The maximum Gasteiger partial charge on any atom is 0.500 e. The average molecular weight is 463 g/mol. The van der Waals surface area contributed by atoms with E-state index in [4.69, 9.17) is 49.6 Å². The fraction of sp³-hybridized carbons (Fsp3) is 1.00. The van der Waals surface area contributed by atoms with Gasteiger partial charge in [-0.25, -0.2) is 0 Å². The van der Waals surface area contributed by atoms with E-state index in [1.54, 1.807) is 21.3 Å². The van der Waals surface area contributed by atoms with Crippen LogP contribution in [0.1, 0.15) is 34.1 Å². The lowest BCUT2D eigenvalue weighted by Gasteiger charge is -2.29. The summed E-state index contributed by atoms with van der Waals surface area (Å²) in [6, 6.07) is 1.49. The number of rotatable bonds is 16. The van der Waals surface area contributed by atoms with Crippen LogP contribution in [0.3, 0.4) is 0 Å². The van der Waals surface area contributed by atoms with Crippen LogP contribution in [0.15, 0.2) is 0 Å². The third kappa shape index (κ3) is 12.2. The number of halogens is 1. The molecule has 2 unspecified atom stereocenters. The summed E-state index contributed by atoms with van der Waals surface area (Å²) in [6.45, 7) is 10.2. The Kier molecular flexibility index (Phi) is 19.9. The fourth-order valence-corrected chi connectivity index (χ4v) is 7.74. The van der Waals surface area contributed by atoms with Gasteiger partial charge in [0.2, 0.25) is 0 Å². The maximum atomic E-state index is 5.79. The summed E-state index contributed by atoms with van der Waals surface area (Å²) in [7, 11) is -0.151. The highest BCUT2D eigenvalue weighted by atomic mass is 35.5. The predicted molar refractivity (Wildman–Crippen MR) is 119 cm³/mol. The topological polar surface area (TPSA) is 107 Å². The highest BCUT2D eigenvalue weighted by molar-refractivity contribution is 6.61. The van der Waals surface area contributed by atoms with Gasteiger partial charge in [-0.1, -0.05) is 0 Å². The number of hydrogen-bond donors (Lipinski definition) is 2. The normalized spacial score (nSPS) is 14.4. The van der Waals surface area contributed by atoms with Crippen LogP contribution in [0.25, 0.3) is 0 Å². The molecule has 0 rings (SSSR count). The molecular formula is C17H43ClN2O6Si2. The predicted octanol–water partition coefficient (Wildman–Crippen LogP) is 2.45. The molecule has 0 saturated heterocycles. The van der Waals surface area contributed by atoms with Crippen LogP contribution in [0.4, 0.5) is 0 Å². The molecule has 11 heteroatoms. The van der Waals surface area contributed by atoms with Crippen LogP contribution >= 0.6 is 11.6 Å². The summed E-state index contributed by atoms with van der Waals surface area (Å²) in [5, 5.41) is 0. The Labute approximate surface area is 179 Å². The first kappa shape index (κ1) is 30.6. The molecule has 0 fully saturated rings. The third-order valence-corrected chi connectivity index (χ3v) is 10.5. The van der Waals surface area contributed by atoms with Crippen LogP contribution in [0.2, 0.25) is 12.1 Å². The highest BCUT2D eigenvalue weighted by Crippen LogP contribution is 2.20. The van der Waals surface area contributed by atoms with Crippen molar-refractivity contribution < 1.29 is 26.6 Å². The van der Waals surface area contributed by atoms with Crippen molar-refractivity contribution in [3.05, 3.63) is 0 Å². The minimum Gasteiger partial charge on any atom is -0.377 e. The molecule has 0 radical (unpaired) electrons. The molecule has 28 heavy (non-hydrogen) atoms. The summed E-state index contributed by atoms with van der Waals surface area (Å²) in [5.74, 6) is 0.795. The van der Waals surface area contributed by atoms with Crippen molar-refractivity contribution in [1.29, 1.82) is 0 Å². The molecule has 0 aliphatic heterocycles. The summed E-state index contributed by atoms with van der Waals surface area (Å²) in [5.41, 5.74) is 11.4. The Morgan fingerprint density at radius 3 is 1.54 bits per heavy atom. The van der Waals surface area contributed by atoms with Gasteiger partial charge in [0.15, 0.2) is 0 Å². The molecule has 0 aromatic heterocycles. The third-order valence-electron chi connectivity index (χ3n) is 4.20. The molecule has 2 atom stereocenters. The van der Waals surface area contributed by atoms with Crippen LogP contribution in [0, 0.1) is 5.92 Å². The van der Waals surface area contributed by atoms with Crippen molar-refractivity contribution in [3.63, 3.8) is 0 Å². The second-order valence-electron chi connectivity index (χ2n) is 6.13. The quantitative estimate of drug-likeness (QED) is 0.266. The van der Waals surface area contributed by atoms with E-state index >= 15 is 0 Å². The minimum atomic E-state index is -2.52. The van der Waals surface area contributed by atoms with Crippen molar-refractivity contribution in [2.24, 2.45) is 17.4 Å². The van der Waals surface area contributed by atoms with Gasteiger partial charge in [-0.3, -0.25) is 0 Å². The van der Waals surface area contributed by atoms with E-state index in [1.165, 1.54) is 0 Å². The van der Waals surface area contributed by atoms with Gasteiger partial charge in [0, 0.05) is 65.2 Å². The smallest absolute Gasteiger partial charge is 0.377 e. The Morgan fingerprint density at radius 2 is 1.29 bits per heavy atom. The molecule has 0 aromatic carbocycles. The Bertz CT molecular complexity index is 330. The second kappa shape index (κ2) is 18.2. The van der Waals surface area contributed by atoms with Crippen molar-refractivity contribution >= 4 is 29.2 Å². The zero-order valence-corrected chi connectivity index (χ0v) is 21.5. The Morgan fingerprint density at radius 1 is 0.857 bits per heavy atom. The molecule has 0 bridgehead atoms. The molecule has 0 aliphatic carbocycles. The molecule has 0 saturated carbocycles. The van der Waals surface area contributed by atoms with Gasteiger partial charge in [0.05, 0.1) is 0 Å². The van der Waals surface area contributed by atoms with E-state index in [1.807, 2.05) is 27.7 Å². The van der Waals surface area contributed by atoms with Gasteiger partial charge in [-0.15, -0.1) is 11.6 Å². The first-order valence-electron chi connectivity index (χ1n) is 9.88. The number of alkyl halides is 1. The van der Waals surface area contributed by atoms with E-state index in [-0.39, 0.29) is 12.0 Å². The zero-order chi connectivity index (χ0) is 22.1. The van der Waals surface area contributed by atoms with E-state index in [0.717, 1.165) is 12.5 Å². The summed E-state index contributed by atoms with van der Waals surface area (Å²) >= 11 is 5.66. The number of nitrogens with two attached hydrogens (primary N) is 2. The first-order chi connectivity index (χ1) is 13.3. The Hall–Kier alpha value is 0.404. The number of hydrogen-bond acceptors (Lipinski definition) is 8. The summed E-state index contributed by atoms with van der Waals surface area (Å²) in [6.07, 6.45) is 0.883. The van der Waals surface area contributed by atoms with Crippen LogP contribution in [-0.4, -0.2) is 77.2 Å². The lowest BCUT2D eigenvalue weighted by atomic mass is 10.1. The molecular weight excluding hydrogens is 420 g/mol. The monoisotopic (exact) mass is 462 g/mol. The molecule has 0 aromatic rings. The molecule has 0 aliphatic rings. The van der Waals surface area contributed by atoms with Crippen LogP contribution in [-0.2, 0) is 26.6 Å². The van der Waals surface area contributed by atoms with Gasteiger partial charge in [0.25, 0.3) is 0 Å². The molecule has 172 valence electrons. The largest absolute Gasteiger partial charge is 0.500 e. The van der Waals surface area contributed by atoms with Crippen LogP contribution < -0.4 is 11.5 Å². The highest BCUT2D eigenvalue weighted by Gasteiger charge is 2.41. The van der Waals surface area contributed by atoms with E-state index in [0.29, 0.717) is 38.3 Å². The van der Waals surface area contributed by atoms with Crippen molar-refractivity contribution in [3.8, 4) is 0 Å². The Balaban J connectivity index is 0. The lowest BCUT2D eigenvalue weighted by Crippen LogP contribution is -2.48. The van der Waals surface area contributed by atoms with Crippen molar-refractivity contribution in [2.45, 2.75) is 52.2 Å². The van der Waals surface area contributed by atoms with Gasteiger partial charge in [-0.2, -0.15) is 0 Å². The van der Waals surface area contributed by atoms with Gasteiger partial charge in [-0.05, 0) is 46.6 Å². The molecule has 0 spiro atoms. The maximum absolute atomic E-state index is 5.79. The molecule has 8 nitrogen and oxygen atoms in total. The van der Waals surface area contributed by atoms with Crippen LogP contribution in [0.5, 0.6) is 0 Å². The van der Waals surface area contributed by atoms with Gasteiger partial charge in [0.1, 0.15) is 0 Å². The van der Waals surface area contributed by atoms with E-state index in [9.17, 15) is 0 Å². The van der Waals surface area contributed by atoms with Gasteiger partial charge >= 0.3 is 17.6 Å². The van der Waals surface area contributed by atoms with Gasteiger partial charge < -0.3 is 38.0 Å². The van der Waals surface area contributed by atoms with Crippen molar-refractivity contribution in [2.75, 3.05) is 53.6 Å². The molecule has 0 amide bonds. The average Bonchev–Trinajstić information content (AvgIpc) is 2.69.